The highest BCUT2D eigenvalue weighted by Gasteiger charge is 2.32. The van der Waals surface area contributed by atoms with Crippen LogP contribution >= 0.6 is 0 Å². The molecule has 3 heterocycles. The lowest BCUT2D eigenvalue weighted by molar-refractivity contribution is -0.126. The summed E-state index contributed by atoms with van der Waals surface area (Å²) in [7, 11) is 3.11. The van der Waals surface area contributed by atoms with E-state index in [9.17, 15) is 18.8 Å². The lowest BCUT2D eigenvalue weighted by atomic mass is 10.0. The maximum absolute atomic E-state index is 13.7. The Balaban J connectivity index is 2.00. The summed E-state index contributed by atoms with van der Waals surface area (Å²) in [6.07, 6.45) is 4.62. The van der Waals surface area contributed by atoms with Crippen LogP contribution in [0.2, 0.25) is 0 Å². The van der Waals surface area contributed by atoms with Gasteiger partial charge in [-0.15, -0.1) is 0 Å². The first kappa shape index (κ1) is 25.9. The van der Waals surface area contributed by atoms with Gasteiger partial charge in [-0.25, -0.2) is 9.18 Å². The standard InChI is InChI=1S/C27H28FN3O6/c1-5-7-12-36-24-20(27(34)35-6-2)26(33)31-15-19(25(32)30(3)4)37-23-17(14-29-21(24)22(23)31)13-16-8-10-18(28)11-9-16/h8-11,14-15H,5-7,12-13H2,1-4H3. The minimum Gasteiger partial charge on any atom is -0.490 e. The molecule has 0 N–H and O–H groups in total. The van der Waals surface area contributed by atoms with Crippen LogP contribution < -0.4 is 15.0 Å². The number of rotatable bonds is 9. The number of hydrogen-bond donors (Lipinski definition) is 0. The number of unbranched alkanes of at least 4 members (excludes halogenated alkanes) is 1. The second-order valence-corrected chi connectivity index (χ2v) is 8.71. The van der Waals surface area contributed by atoms with Crippen LogP contribution in [0.5, 0.6) is 11.5 Å². The number of likely N-dealkylation sites (N-methyl/N-ethyl adjacent to an activating group) is 1. The molecule has 9 nitrogen and oxygen atoms in total. The van der Waals surface area contributed by atoms with Crippen LogP contribution in [0.4, 0.5) is 4.39 Å². The largest absolute Gasteiger partial charge is 0.490 e. The van der Waals surface area contributed by atoms with Gasteiger partial charge in [0, 0.05) is 32.3 Å². The molecule has 4 rings (SSSR count). The predicted octanol–water partition coefficient (Wildman–Crippen LogP) is 3.76. The fraction of sp³-hybridized carbons (Fsp3) is 0.333. The third kappa shape index (κ3) is 5.04. The van der Waals surface area contributed by atoms with E-state index in [1.807, 2.05) is 6.92 Å². The van der Waals surface area contributed by atoms with E-state index in [1.165, 1.54) is 27.8 Å². The van der Waals surface area contributed by atoms with Crippen molar-refractivity contribution in [2.45, 2.75) is 33.1 Å². The van der Waals surface area contributed by atoms with Crippen LogP contribution in [-0.2, 0) is 16.0 Å². The van der Waals surface area contributed by atoms with E-state index in [0.717, 1.165) is 12.0 Å². The van der Waals surface area contributed by atoms with Crippen molar-refractivity contribution in [3.63, 3.8) is 0 Å². The normalized spacial score (nSPS) is 12.1. The molecule has 0 aliphatic carbocycles. The molecule has 1 amide bonds. The molecule has 0 spiro atoms. The van der Waals surface area contributed by atoms with E-state index < -0.39 is 17.4 Å². The van der Waals surface area contributed by atoms with E-state index in [4.69, 9.17) is 14.2 Å². The van der Waals surface area contributed by atoms with Gasteiger partial charge in [0.2, 0.25) is 5.76 Å². The van der Waals surface area contributed by atoms with Crippen LogP contribution in [0.15, 0.2) is 41.0 Å². The molecule has 194 valence electrons. The average molecular weight is 510 g/mol. The summed E-state index contributed by atoms with van der Waals surface area (Å²) < 4.78 is 31.8. The summed E-state index contributed by atoms with van der Waals surface area (Å²) in [6, 6.07) is 5.96. The van der Waals surface area contributed by atoms with E-state index in [2.05, 4.69) is 4.98 Å². The molecule has 0 atom stereocenters. The fourth-order valence-electron chi connectivity index (χ4n) is 3.95. The number of esters is 1. The zero-order chi connectivity index (χ0) is 26.7. The van der Waals surface area contributed by atoms with Gasteiger partial charge >= 0.3 is 5.97 Å². The molecule has 1 aliphatic heterocycles. The second-order valence-electron chi connectivity index (χ2n) is 8.71. The van der Waals surface area contributed by atoms with Gasteiger partial charge in [-0.2, -0.15) is 0 Å². The Kier molecular flexibility index (Phi) is 7.56. The van der Waals surface area contributed by atoms with Crippen molar-refractivity contribution in [3.05, 3.63) is 69.1 Å². The van der Waals surface area contributed by atoms with Crippen LogP contribution in [-0.4, -0.2) is 53.6 Å². The number of benzene rings is 1. The van der Waals surface area contributed by atoms with Crippen LogP contribution in [0.1, 0.15) is 48.2 Å². The van der Waals surface area contributed by atoms with Crippen LogP contribution in [0, 0.1) is 5.82 Å². The van der Waals surface area contributed by atoms with Crippen molar-refractivity contribution in [1.29, 1.82) is 0 Å². The molecule has 0 radical (unpaired) electrons. The van der Waals surface area contributed by atoms with E-state index in [0.29, 0.717) is 18.4 Å². The zero-order valence-corrected chi connectivity index (χ0v) is 21.2. The van der Waals surface area contributed by atoms with Crippen LogP contribution in [0.25, 0.3) is 17.2 Å². The Hall–Kier alpha value is -4.21. The molecule has 37 heavy (non-hydrogen) atoms. The summed E-state index contributed by atoms with van der Waals surface area (Å²) >= 11 is 0. The highest BCUT2D eigenvalue weighted by molar-refractivity contribution is 6.03. The van der Waals surface area contributed by atoms with E-state index >= 15 is 0 Å². The SMILES string of the molecule is CCCCOc1c(C(=O)OCC)c(=O)n2c3c(c(Cc4ccc(F)cc4)cnc13)OC(C(=O)N(C)C)=C2. The van der Waals surface area contributed by atoms with Gasteiger partial charge in [0.05, 0.1) is 19.4 Å². The third-order valence-electron chi connectivity index (χ3n) is 5.80. The number of carbonyl (C=O) groups excluding carboxylic acids is 2. The minimum atomic E-state index is -0.844. The Morgan fingerprint density at radius 2 is 1.89 bits per heavy atom. The van der Waals surface area contributed by atoms with E-state index in [-0.39, 0.29) is 52.9 Å². The number of ether oxygens (including phenoxy) is 3. The Labute approximate surface area is 213 Å². The van der Waals surface area contributed by atoms with Crippen molar-refractivity contribution in [2.24, 2.45) is 0 Å². The lowest BCUT2D eigenvalue weighted by Crippen LogP contribution is -2.32. The number of nitrogens with zero attached hydrogens (tertiary/aromatic N) is 3. The highest BCUT2D eigenvalue weighted by Crippen LogP contribution is 2.39. The van der Waals surface area contributed by atoms with Gasteiger partial charge in [0.25, 0.3) is 11.5 Å². The van der Waals surface area contributed by atoms with E-state index in [1.54, 1.807) is 39.3 Å². The van der Waals surface area contributed by atoms with Gasteiger partial charge in [-0.05, 0) is 31.0 Å². The number of pyridine rings is 2. The monoisotopic (exact) mass is 509 g/mol. The molecule has 2 aromatic heterocycles. The highest BCUT2D eigenvalue weighted by atomic mass is 19.1. The van der Waals surface area contributed by atoms with Crippen molar-refractivity contribution >= 4 is 29.1 Å². The topological polar surface area (TPSA) is 100.0 Å². The van der Waals surface area contributed by atoms with Gasteiger partial charge < -0.3 is 19.1 Å². The molecule has 0 bridgehead atoms. The fourth-order valence-corrected chi connectivity index (χ4v) is 3.95. The molecule has 0 fully saturated rings. The van der Waals surface area contributed by atoms with Gasteiger partial charge in [0.15, 0.2) is 17.1 Å². The lowest BCUT2D eigenvalue weighted by Gasteiger charge is -2.24. The number of hydrogen-bond acceptors (Lipinski definition) is 7. The second kappa shape index (κ2) is 10.8. The molecule has 1 aromatic carbocycles. The predicted molar refractivity (Wildman–Crippen MR) is 135 cm³/mol. The Morgan fingerprint density at radius 3 is 2.54 bits per heavy atom. The van der Waals surface area contributed by atoms with Crippen LogP contribution in [0.3, 0.4) is 0 Å². The minimum absolute atomic E-state index is 0.0112. The summed E-state index contributed by atoms with van der Waals surface area (Å²) in [5, 5.41) is 0. The average Bonchev–Trinajstić information content (AvgIpc) is 2.88. The van der Waals surface area contributed by atoms with Crippen molar-refractivity contribution < 1.29 is 28.2 Å². The first-order valence-electron chi connectivity index (χ1n) is 12.0. The van der Waals surface area contributed by atoms with Gasteiger partial charge in [-0.1, -0.05) is 25.5 Å². The smallest absolute Gasteiger partial charge is 0.347 e. The van der Waals surface area contributed by atoms with Crippen molar-refractivity contribution in [2.75, 3.05) is 27.3 Å². The number of aromatic nitrogens is 2. The maximum atomic E-state index is 13.7. The van der Waals surface area contributed by atoms with Crippen molar-refractivity contribution in [1.82, 2.24) is 14.5 Å². The maximum Gasteiger partial charge on any atom is 0.347 e. The molecular formula is C27H28FN3O6. The Morgan fingerprint density at radius 1 is 1.16 bits per heavy atom. The summed E-state index contributed by atoms with van der Waals surface area (Å²) in [5.74, 6) is -1.55. The first-order valence-corrected chi connectivity index (χ1v) is 12.0. The first-order chi connectivity index (χ1) is 17.8. The molecule has 1 aliphatic rings. The molecular weight excluding hydrogens is 481 g/mol. The molecule has 0 saturated carbocycles. The van der Waals surface area contributed by atoms with Gasteiger partial charge in [0.1, 0.15) is 16.9 Å². The number of carbonyl (C=O) groups is 2. The third-order valence-corrected chi connectivity index (χ3v) is 5.80. The van der Waals surface area contributed by atoms with Crippen molar-refractivity contribution in [3.8, 4) is 11.5 Å². The molecule has 0 unspecified atom stereocenters. The summed E-state index contributed by atoms with van der Waals surface area (Å²) in [5.41, 5.74) is 0.808. The number of amides is 1. The quantitative estimate of drug-likeness (QED) is 0.320. The Bertz CT molecular complexity index is 1440. The van der Waals surface area contributed by atoms with Gasteiger partial charge in [-0.3, -0.25) is 19.1 Å². The summed E-state index contributed by atoms with van der Waals surface area (Å²) in [6.45, 7) is 3.95. The summed E-state index contributed by atoms with van der Waals surface area (Å²) in [4.78, 5) is 45.3. The zero-order valence-electron chi connectivity index (χ0n) is 21.2. The molecule has 3 aromatic rings. The number of halogens is 1. The molecule has 0 saturated heterocycles. The molecule has 10 heteroatoms.